The molecule has 0 saturated heterocycles. The molecule has 0 aliphatic carbocycles. The van der Waals surface area contributed by atoms with Crippen molar-refractivity contribution < 1.29 is 0 Å². The van der Waals surface area contributed by atoms with Gasteiger partial charge in [-0.2, -0.15) is 4.98 Å². The molecule has 1 aromatic carbocycles. The Kier molecular flexibility index (Phi) is 4.46. The van der Waals surface area contributed by atoms with Gasteiger partial charge in [-0.15, -0.1) is 0 Å². The molecule has 0 fully saturated rings. The lowest BCUT2D eigenvalue weighted by Gasteiger charge is -2.24. The Morgan fingerprint density at radius 2 is 1.76 bits per heavy atom. The minimum atomic E-state index is -0.0175. The van der Waals surface area contributed by atoms with E-state index in [0.29, 0.717) is 5.95 Å². The van der Waals surface area contributed by atoms with Crippen LogP contribution in [0.3, 0.4) is 0 Å². The van der Waals surface area contributed by atoms with Gasteiger partial charge in [0.15, 0.2) is 0 Å². The van der Waals surface area contributed by atoms with Crippen LogP contribution < -0.4 is 10.6 Å². The lowest BCUT2D eigenvalue weighted by atomic mass is 10.0. The maximum Gasteiger partial charge on any atom is 0.225 e. The molecule has 0 saturated carbocycles. The molecule has 0 amide bonds. The number of aryl methyl sites for hydroxylation is 2. The summed E-state index contributed by atoms with van der Waals surface area (Å²) in [6.45, 7) is 10.5. The van der Waals surface area contributed by atoms with Crippen molar-refractivity contribution in [1.29, 1.82) is 0 Å². The average molecular weight is 284 g/mol. The van der Waals surface area contributed by atoms with Crippen molar-refractivity contribution >= 4 is 17.5 Å². The van der Waals surface area contributed by atoms with E-state index >= 15 is 0 Å². The lowest BCUT2D eigenvalue weighted by molar-refractivity contribution is 0.542. The molecule has 0 unspecified atom stereocenters. The van der Waals surface area contributed by atoms with Crippen molar-refractivity contribution in [3.63, 3.8) is 0 Å². The first-order chi connectivity index (χ1) is 9.89. The van der Waals surface area contributed by atoms with E-state index in [0.717, 1.165) is 23.5 Å². The van der Waals surface area contributed by atoms with Crippen molar-refractivity contribution in [2.45, 2.75) is 46.6 Å². The zero-order valence-corrected chi connectivity index (χ0v) is 13.5. The first kappa shape index (κ1) is 15.3. The van der Waals surface area contributed by atoms with E-state index in [1.54, 1.807) is 0 Å². The van der Waals surface area contributed by atoms with Gasteiger partial charge in [0.2, 0.25) is 5.95 Å². The molecule has 112 valence electrons. The summed E-state index contributed by atoms with van der Waals surface area (Å²) in [5, 5.41) is 6.72. The van der Waals surface area contributed by atoms with E-state index in [9.17, 15) is 0 Å². The standard InChI is InChI=1S/C17H24N4/c1-6-17(4,5)21-16-18-11-13(3)15(20-16)19-14-9-7-12(2)8-10-14/h7-11H,6H2,1-5H3,(H2,18,19,20,21). The van der Waals surface area contributed by atoms with Crippen LogP contribution in [0, 0.1) is 13.8 Å². The van der Waals surface area contributed by atoms with Crippen molar-refractivity contribution in [2.75, 3.05) is 10.6 Å². The fraction of sp³-hybridized carbons (Fsp3) is 0.412. The van der Waals surface area contributed by atoms with E-state index in [1.807, 2.05) is 13.1 Å². The third kappa shape index (κ3) is 4.18. The normalized spacial score (nSPS) is 11.3. The highest BCUT2D eigenvalue weighted by Crippen LogP contribution is 2.21. The summed E-state index contributed by atoms with van der Waals surface area (Å²) >= 11 is 0. The highest BCUT2D eigenvalue weighted by atomic mass is 15.2. The van der Waals surface area contributed by atoms with Crippen LogP contribution in [-0.4, -0.2) is 15.5 Å². The van der Waals surface area contributed by atoms with Crippen LogP contribution in [0.2, 0.25) is 0 Å². The van der Waals surface area contributed by atoms with Crippen LogP contribution in [0.4, 0.5) is 17.5 Å². The van der Waals surface area contributed by atoms with Gasteiger partial charge in [0.05, 0.1) is 0 Å². The molecule has 4 nitrogen and oxygen atoms in total. The third-order valence-electron chi connectivity index (χ3n) is 3.62. The Morgan fingerprint density at radius 1 is 1.10 bits per heavy atom. The van der Waals surface area contributed by atoms with Gasteiger partial charge >= 0.3 is 0 Å². The van der Waals surface area contributed by atoms with Gasteiger partial charge < -0.3 is 10.6 Å². The molecule has 1 aromatic heterocycles. The van der Waals surface area contributed by atoms with Gasteiger partial charge in [0.25, 0.3) is 0 Å². The predicted molar refractivity (Wildman–Crippen MR) is 89.2 cm³/mol. The summed E-state index contributed by atoms with van der Waals surface area (Å²) in [7, 11) is 0. The van der Waals surface area contributed by atoms with Crippen LogP contribution in [0.25, 0.3) is 0 Å². The lowest BCUT2D eigenvalue weighted by Crippen LogP contribution is -2.30. The molecule has 0 bridgehead atoms. The van der Waals surface area contributed by atoms with Crippen LogP contribution in [0.15, 0.2) is 30.5 Å². The van der Waals surface area contributed by atoms with Crippen molar-refractivity contribution in [1.82, 2.24) is 9.97 Å². The fourth-order valence-electron chi connectivity index (χ4n) is 1.79. The molecule has 0 aliphatic heterocycles. The van der Waals surface area contributed by atoms with E-state index in [-0.39, 0.29) is 5.54 Å². The van der Waals surface area contributed by atoms with Crippen molar-refractivity contribution in [3.05, 3.63) is 41.6 Å². The monoisotopic (exact) mass is 284 g/mol. The molecule has 0 aliphatic rings. The summed E-state index contributed by atoms with van der Waals surface area (Å²) in [6, 6.07) is 8.27. The Hall–Kier alpha value is -2.10. The first-order valence-electron chi connectivity index (χ1n) is 7.35. The first-order valence-corrected chi connectivity index (χ1v) is 7.35. The highest BCUT2D eigenvalue weighted by molar-refractivity contribution is 5.60. The van der Waals surface area contributed by atoms with E-state index < -0.39 is 0 Å². The molecule has 2 rings (SSSR count). The van der Waals surface area contributed by atoms with Gasteiger partial charge in [0.1, 0.15) is 5.82 Å². The summed E-state index contributed by atoms with van der Waals surface area (Å²) in [6.07, 6.45) is 2.85. The van der Waals surface area contributed by atoms with Gasteiger partial charge in [-0.3, -0.25) is 0 Å². The number of hydrogen-bond acceptors (Lipinski definition) is 4. The summed E-state index contributed by atoms with van der Waals surface area (Å²) in [5.74, 6) is 1.49. The molecule has 0 spiro atoms. The molecule has 2 aromatic rings. The molecular formula is C17H24N4. The molecule has 21 heavy (non-hydrogen) atoms. The van der Waals surface area contributed by atoms with Crippen molar-refractivity contribution in [2.24, 2.45) is 0 Å². The summed E-state index contributed by atoms with van der Waals surface area (Å²) < 4.78 is 0. The van der Waals surface area contributed by atoms with E-state index in [1.165, 1.54) is 5.56 Å². The van der Waals surface area contributed by atoms with Crippen molar-refractivity contribution in [3.8, 4) is 0 Å². The molecule has 0 radical (unpaired) electrons. The number of hydrogen-bond donors (Lipinski definition) is 2. The van der Waals surface area contributed by atoms with Gasteiger partial charge in [-0.25, -0.2) is 4.98 Å². The zero-order valence-electron chi connectivity index (χ0n) is 13.5. The van der Waals surface area contributed by atoms with Gasteiger partial charge in [-0.1, -0.05) is 24.6 Å². The molecule has 2 N–H and O–H groups in total. The SMILES string of the molecule is CCC(C)(C)Nc1ncc(C)c(Nc2ccc(C)cc2)n1. The van der Waals surface area contributed by atoms with Crippen LogP contribution in [-0.2, 0) is 0 Å². The van der Waals surface area contributed by atoms with Crippen LogP contribution in [0.1, 0.15) is 38.3 Å². The second-order valence-corrected chi connectivity index (χ2v) is 6.08. The fourth-order valence-corrected chi connectivity index (χ4v) is 1.79. The minimum Gasteiger partial charge on any atom is -0.349 e. The highest BCUT2D eigenvalue weighted by Gasteiger charge is 2.16. The van der Waals surface area contributed by atoms with Crippen LogP contribution >= 0.6 is 0 Å². The van der Waals surface area contributed by atoms with Gasteiger partial charge in [-0.05, 0) is 46.2 Å². The van der Waals surface area contributed by atoms with Crippen LogP contribution in [0.5, 0.6) is 0 Å². The Balaban J connectivity index is 2.21. The zero-order chi connectivity index (χ0) is 15.5. The van der Waals surface area contributed by atoms with E-state index in [2.05, 4.69) is 72.6 Å². The third-order valence-corrected chi connectivity index (χ3v) is 3.62. The smallest absolute Gasteiger partial charge is 0.225 e. The number of anilines is 3. The number of nitrogens with one attached hydrogen (secondary N) is 2. The number of benzene rings is 1. The average Bonchev–Trinajstić information content (AvgIpc) is 2.45. The second kappa shape index (κ2) is 6.12. The van der Waals surface area contributed by atoms with E-state index in [4.69, 9.17) is 0 Å². The number of rotatable bonds is 5. The topological polar surface area (TPSA) is 49.8 Å². The largest absolute Gasteiger partial charge is 0.349 e. The molecular weight excluding hydrogens is 260 g/mol. The molecule has 0 atom stereocenters. The maximum absolute atomic E-state index is 4.59. The minimum absolute atomic E-state index is 0.0175. The maximum atomic E-state index is 4.59. The quantitative estimate of drug-likeness (QED) is 0.852. The Morgan fingerprint density at radius 3 is 2.38 bits per heavy atom. The Labute approximate surface area is 127 Å². The Bertz CT molecular complexity index is 603. The predicted octanol–water partition coefficient (Wildman–Crippen LogP) is 4.44. The number of nitrogens with zero attached hydrogens (tertiary/aromatic N) is 2. The molecule has 1 heterocycles. The molecule has 4 heteroatoms. The summed E-state index contributed by atoms with van der Waals surface area (Å²) in [4.78, 5) is 8.96. The second-order valence-electron chi connectivity index (χ2n) is 6.08. The number of aromatic nitrogens is 2. The summed E-state index contributed by atoms with van der Waals surface area (Å²) in [5.41, 5.74) is 3.28. The van der Waals surface area contributed by atoms with Gasteiger partial charge in [0, 0.05) is 23.0 Å².